The van der Waals surface area contributed by atoms with Crippen LogP contribution in [0.15, 0.2) is 91.1 Å². The van der Waals surface area contributed by atoms with E-state index in [4.69, 9.17) is 23.2 Å². The number of nitrogens with zero attached hydrogens (tertiary/aromatic N) is 1. The van der Waals surface area contributed by atoms with E-state index in [1.807, 2.05) is 55.5 Å². The minimum atomic E-state index is -0.399. The quantitative estimate of drug-likeness (QED) is 0.312. The van der Waals surface area contributed by atoms with E-state index in [1.54, 1.807) is 30.5 Å². The molecule has 0 radical (unpaired) electrons. The van der Waals surface area contributed by atoms with Gasteiger partial charge in [0.25, 0.3) is 11.8 Å². The molecule has 1 atom stereocenters. The third-order valence-corrected chi connectivity index (χ3v) is 5.93. The number of aromatic nitrogens is 1. The second-order valence-corrected chi connectivity index (χ2v) is 8.48. The lowest BCUT2D eigenvalue weighted by Gasteiger charge is -2.15. The Hall–Kier alpha value is -3.67. The summed E-state index contributed by atoms with van der Waals surface area (Å²) in [5, 5.41) is 6.47. The van der Waals surface area contributed by atoms with E-state index < -0.39 is 5.91 Å². The van der Waals surface area contributed by atoms with Crippen LogP contribution in [0.1, 0.15) is 39.2 Å². The number of hydrogen-bond donors (Lipinski definition) is 2. The second-order valence-electron chi connectivity index (χ2n) is 7.66. The van der Waals surface area contributed by atoms with Gasteiger partial charge in [-0.1, -0.05) is 59.6 Å². The molecule has 0 aliphatic carbocycles. The topological polar surface area (TPSA) is 71.1 Å². The molecule has 170 valence electrons. The summed E-state index contributed by atoms with van der Waals surface area (Å²) >= 11 is 12.7. The SMILES string of the molecule is CC(NC(=O)c1ccc(C(=O)Nc2ccc(Cl)c(-c3ccccn3)c2)c(Cl)c1)c1ccccc1. The molecule has 0 saturated carbocycles. The van der Waals surface area contributed by atoms with Crippen LogP contribution >= 0.6 is 23.2 Å². The minimum Gasteiger partial charge on any atom is -0.346 e. The zero-order valence-corrected chi connectivity index (χ0v) is 19.8. The fourth-order valence-electron chi connectivity index (χ4n) is 3.47. The highest BCUT2D eigenvalue weighted by molar-refractivity contribution is 6.35. The van der Waals surface area contributed by atoms with Crippen molar-refractivity contribution in [2.24, 2.45) is 0 Å². The van der Waals surface area contributed by atoms with Crippen molar-refractivity contribution in [2.45, 2.75) is 13.0 Å². The Balaban J connectivity index is 1.48. The summed E-state index contributed by atoms with van der Waals surface area (Å²) in [4.78, 5) is 29.8. The lowest BCUT2D eigenvalue weighted by atomic mass is 10.1. The molecule has 4 aromatic rings. The minimum absolute atomic E-state index is 0.173. The molecule has 1 aromatic heterocycles. The fourth-order valence-corrected chi connectivity index (χ4v) is 3.95. The van der Waals surface area contributed by atoms with E-state index in [1.165, 1.54) is 12.1 Å². The zero-order chi connectivity index (χ0) is 24.1. The summed E-state index contributed by atoms with van der Waals surface area (Å²) in [6, 6.07) is 24.8. The molecular weight excluding hydrogens is 469 g/mol. The van der Waals surface area contributed by atoms with Gasteiger partial charge in [0.15, 0.2) is 0 Å². The van der Waals surface area contributed by atoms with Crippen LogP contribution in [0.25, 0.3) is 11.3 Å². The van der Waals surface area contributed by atoms with Crippen molar-refractivity contribution in [3.63, 3.8) is 0 Å². The lowest BCUT2D eigenvalue weighted by molar-refractivity contribution is 0.0938. The Kier molecular flexibility index (Phi) is 7.26. The number of rotatable bonds is 6. The Morgan fingerprint density at radius 3 is 2.29 bits per heavy atom. The van der Waals surface area contributed by atoms with Crippen LogP contribution in [0.4, 0.5) is 5.69 Å². The highest BCUT2D eigenvalue weighted by Crippen LogP contribution is 2.30. The van der Waals surface area contributed by atoms with Gasteiger partial charge in [-0.05, 0) is 61.0 Å². The summed E-state index contributed by atoms with van der Waals surface area (Å²) in [5.41, 5.74) is 3.56. The van der Waals surface area contributed by atoms with E-state index in [0.29, 0.717) is 27.5 Å². The smallest absolute Gasteiger partial charge is 0.257 e. The summed E-state index contributed by atoms with van der Waals surface area (Å²) in [6.45, 7) is 1.90. The molecule has 5 nitrogen and oxygen atoms in total. The summed E-state index contributed by atoms with van der Waals surface area (Å²) < 4.78 is 0. The summed E-state index contributed by atoms with van der Waals surface area (Å²) in [6.07, 6.45) is 1.68. The molecular formula is C27H21Cl2N3O2. The van der Waals surface area contributed by atoms with E-state index in [9.17, 15) is 9.59 Å². The summed E-state index contributed by atoms with van der Waals surface area (Å²) in [5.74, 6) is -0.674. The van der Waals surface area contributed by atoms with Crippen molar-refractivity contribution >= 4 is 40.7 Å². The molecule has 1 unspecified atom stereocenters. The molecule has 0 bridgehead atoms. The molecule has 0 fully saturated rings. The van der Waals surface area contributed by atoms with Crippen molar-refractivity contribution in [1.29, 1.82) is 0 Å². The molecule has 34 heavy (non-hydrogen) atoms. The molecule has 3 aromatic carbocycles. The van der Waals surface area contributed by atoms with Crippen molar-refractivity contribution in [3.05, 3.63) is 118 Å². The predicted molar refractivity (Wildman–Crippen MR) is 136 cm³/mol. The third-order valence-electron chi connectivity index (χ3n) is 5.29. The number of halogens is 2. The van der Waals surface area contributed by atoms with Crippen LogP contribution in [-0.2, 0) is 0 Å². The molecule has 4 rings (SSSR count). The van der Waals surface area contributed by atoms with E-state index in [0.717, 1.165) is 5.56 Å². The second kappa shape index (κ2) is 10.5. The Bertz CT molecular complexity index is 1330. The number of anilines is 1. The van der Waals surface area contributed by atoms with Gasteiger partial charge < -0.3 is 10.6 Å². The van der Waals surface area contributed by atoms with Crippen LogP contribution in [0, 0.1) is 0 Å². The van der Waals surface area contributed by atoms with E-state index >= 15 is 0 Å². The molecule has 1 heterocycles. The Morgan fingerprint density at radius 2 is 1.59 bits per heavy atom. The van der Waals surface area contributed by atoms with Crippen molar-refractivity contribution in [3.8, 4) is 11.3 Å². The highest BCUT2D eigenvalue weighted by atomic mass is 35.5. The van der Waals surface area contributed by atoms with Crippen LogP contribution in [0.2, 0.25) is 10.0 Å². The van der Waals surface area contributed by atoms with Gasteiger partial charge in [-0.15, -0.1) is 0 Å². The van der Waals surface area contributed by atoms with Gasteiger partial charge in [0.2, 0.25) is 0 Å². The first-order chi connectivity index (χ1) is 16.4. The van der Waals surface area contributed by atoms with E-state index in [-0.39, 0.29) is 22.5 Å². The molecule has 0 aliphatic rings. The number of amides is 2. The molecule has 2 N–H and O–H groups in total. The maximum absolute atomic E-state index is 12.9. The van der Waals surface area contributed by atoms with Gasteiger partial charge in [0.1, 0.15) is 0 Å². The van der Waals surface area contributed by atoms with Crippen LogP contribution < -0.4 is 10.6 Å². The first-order valence-corrected chi connectivity index (χ1v) is 11.4. The van der Waals surface area contributed by atoms with Crippen molar-refractivity contribution in [1.82, 2.24) is 10.3 Å². The molecule has 0 aliphatic heterocycles. The lowest BCUT2D eigenvalue weighted by Crippen LogP contribution is -2.26. The summed E-state index contributed by atoms with van der Waals surface area (Å²) in [7, 11) is 0. The standard InChI is InChI=1S/C27H21Cl2N3O2/c1-17(18-7-3-2-4-8-18)31-26(33)19-10-12-21(24(29)15-19)27(34)32-20-11-13-23(28)22(16-20)25-9-5-6-14-30-25/h2-17H,1H3,(H,31,33)(H,32,34). The highest BCUT2D eigenvalue weighted by Gasteiger charge is 2.16. The fraction of sp³-hybridized carbons (Fsp3) is 0.0741. The van der Waals surface area contributed by atoms with Crippen molar-refractivity contribution in [2.75, 3.05) is 5.32 Å². The Labute approximate surface area is 207 Å². The van der Waals surface area contributed by atoms with Crippen LogP contribution in [0.5, 0.6) is 0 Å². The average Bonchev–Trinajstić information content (AvgIpc) is 2.86. The van der Waals surface area contributed by atoms with Gasteiger partial charge in [-0.3, -0.25) is 14.6 Å². The van der Waals surface area contributed by atoms with Gasteiger partial charge >= 0.3 is 0 Å². The predicted octanol–water partition coefficient (Wildman–Crippen LogP) is 6.80. The average molecular weight is 490 g/mol. The first kappa shape index (κ1) is 23.5. The number of pyridine rings is 1. The van der Waals surface area contributed by atoms with Gasteiger partial charge in [0.05, 0.1) is 27.3 Å². The number of carbonyl (C=O) groups excluding carboxylic acids is 2. The van der Waals surface area contributed by atoms with Crippen molar-refractivity contribution < 1.29 is 9.59 Å². The van der Waals surface area contributed by atoms with Gasteiger partial charge in [-0.25, -0.2) is 0 Å². The molecule has 7 heteroatoms. The normalized spacial score (nSPS) is 11.5. The monoisotopic (exact) mass is 489 g/mol. The van der Waals surface area contributed by atoms with Crippen LogP contribution in [0.3, 0.4) is 0 Å². The Morgan fingerprint density at radius 1 is 0.824 bits per heavy atom. The van der Waals surface area contributed by atoms with Crippen LogP contribution in [-0.4, -0.2) is 16.8 Å². The van der Waals surface area contributed by atoms with Gasteiger partial charge in [-0.2, -0.15) is 0 Å². The van der Waals surface area contributed by atoms with E-state index in [2.05, 4.69) is 15.6 Å². The molecule has 0 spiro atoms. The number of nitrogens with one attached hydrogen (secondary N) is 2. The first-order valence-electron chi connectivity index (χ1n) is 10.6. The number of hydrogen-bond acceptors (Lipinski definition) is 3. The molecule has 2 amide bonds. The maximum atomic E-state index is 12.9. The number of carbonyl (C=O) groups is 2. The third kappa shape index (κ3) is 5.45. The molecule has 0 saturated heterocycles. The zero-order valence-electron chi connectivity index (χ0n) is 18.3. The van der Waals surface area contributed by atoms with Gasteiger partial charge in [0, 0.05) is 23.0 Å². The largest absolute Gasteiger partial charge is 0.346 e. The number of benzene rings is 3. The maximum Gasteiger partial charge on any atom is 0.257 e.